The summed E-state index contributed by atoms with van der Waals surface area (Å²) in [5, 5.41) is 0. The molecule has 2 aliphatic rings. The van der Waals surface area contributed by atoms with Crippen molar-refractivity contribution in [3.63, 3.8) is 0 Å². The predicted molar refractivity (Wildman–Crippen MR) is 64.1 cm³/mol. The molecule has 0 N–H and O–H groups in total. The molecule has 0 saturated heterocycles. The predicted octanol–water partition coefficient (Wildman–Crippen LogP) is 3.69. The van der Waals surface area contributed by atoms with Crippen molar-refractivity contribution in [2.75, 3.05) is 0 Å². The molecule has 0 amide bonds. The highest BCUT2D eigenvalue weighted by Gasteiger charge is 2.43. The van der Waals surface area contributed by atoms with Gasteiger partial charge in [-0.25, -0.2) is 0 Å². The fourth-order valence-electron chi connectivity index (χ4n) is 3.17. The third-order valence-corrected chi connectivity index (χ3v) is 4.09. The van der Waals surface area contributed by atoms with Gasteiger partial charge < -0.3 is 4.74 Å². The lowest BCUT2D eigenvalue weighted by Gasteiger charge is -2.47. The molecule has 0 aromatic carbocycles. The second-order valence-corrected chi connectivity index (χ2v) is 6.68. The zero-order valence-electron chi connectivity index (χ0n) is 10.8. The molecule has 0 bridgehead atoms. The van der Waals surface area contributed by atoms with Crippen LogP contribution >= 0.6 is 0 Å². The molecule has 0 radical (unpaired) electrons. The van der Waals surface area contributed by atoms with E-state index in [4.69, 9.17) is 4.74 Å². The molecule has 1 atom stereocenters. The largest absolute Gasteiger partial charge is 0.460 e. The number of hydrogen-bond donors (Lipinski definition) is 0. The van der Waals surface area contributed by atoms with E-state index < -0.39 is 0 Å². The van der Waals surface area contributed by atoms with Crippen LogP contribution in [0.4, 0.5) is 0 Å². The highest BCUT2D eigenvalue weighted by atomic mass is 16.6. The first-order valence-electron chi connectivity index (χ1n) is 6.63. The minimum absolute atomic E-state index is 0.0403. The van der Waals surface area contributed by atoms with Crippen LogP contribution < -0.4 is 0 Å². The second-order valence-electron chi connectivity index (χ2n) is 6.68. The first kappa shape index (κ1) is 11.9. The molecule has 2 fully saturated rings. The van der Waals surface area contributed by atoms with Gasteiger partial charge >= 0.3 is 5.97 Å². The average molecular weight is 224 g/mol. The zero-order valence-corrected chi connectivity index (χ0v) is 10.8. The first-order chi connectivity index (χ1) is 7.40. The number of rotatable bonds is 1. The van der Waals surface area contributed by atoms with E-state index in [2.05, 4.69) is 0 Å². The Balaban J connectivity index is 1.91. The van der Waals surface area contributed by atoms with Crippen LogP contribution in [0.25, 0.3) is 0 Å². The van der Waals surface area contributed by atoms with Crippen molar-refractivity contribution in [3.8, 4) is 0 Å². The van der Waals surface area contributed by atoms with Crippen LogP contribution in [0.2, 0.25) is 0 Å². The van der Waals surface area contributed by atoms with Crippen molar-refractivity contribution in [1.29, 1.82) is 0 Å². The van der Waals surface area contributed by atoms with E-state index in [-0.39, 0.29) is 17.5 Å². The van der Waals surface area contributed by atoms with Crippen LogP contribution in [-0.4, -0.2) is 11.6 Å². The van der Waals surface area contributed by atoms with Crippen molar-refractivity contribution >= 4 is 5.97 Å². The van der Waals surface area contributed by atoms with Gasteiger partial charge in [0, 0.05) is 0 Å². The number of ether oxygens (including phenoxy) is 1. The van der Waals surface area contributed by atoms with Crippen LogP contribution in [-0.2, 0) is 9.53 Å². The Hall–Kier alpha value is -0.530. The molecule has 2 rings (SSSR count). The van der Waals surface area contributed by atoms with E-state index in [1.165, 1.54) is 32.1 Å². The molecule has 0 aliphatic heterocycles. The van der Waals surface area contributed by atoms with Gasteiger partial charge in [0.2, 0.25) is 0 Å². The summed E-state index contributed by atoms with van der Waals surface area (Å²) in [6.45, 7) is 5.85. The SMILES string of the molecule is CC(C)(C)OC(=O)C1CCCC2(CCC2)C1. The zero-order chi connectivity index (χ0) is 11.8. The molecule has 16 heavy (non-hydrogen) atoms. The van der Waals surface area contributed by atoms with Crippen LogP contribution in [0.1, 0.15) is 65.7 Å². The standard InChI is InChI=1S/C14H24O2/c1-13(2,3)16-12(15)11-6-4-7-14(10-11)8-5-9-14/h11H,4-10H2,1-3H3. The average Bonchev–Trinajstić information content (AvgIpc) is 2.13. The van der Waals surface area contributed by atoms with E-state index in [1.54, 1.807) is 0 Å². The topological polar surface area (TPSA) is 26.3 Å². The molecule has 1 spiro atoms. The van der Waals surface area contributed by atoms with E-state index in [0.717, 1.165) is 12.8 Å². The fraction of sp³-hybridized carbons (Fsp3) is 0.929. The van der Waals surface area contributed by atoms with Crippen molar-refractivity contribution in [2.24, 2.45) is 11.3 Å². The molecule has 1 unspecified atom stereocenters. The van der Waals surface area contributed by atoms with Crippen LogP contribution in [0, 0.1) is 11.3 Å². The number of carbonyl (C=O) groups is 1. The summed E-state index contributed by atoms with van der Waals surface area (Å²) in [5.41, 5.74) is 0.196. The maximum Gasteiger partial charge on any atom is 0.309 e. The highest BCUT2D eigenvalue weighted by molar-refractivity contribution is 5.73. The molecule has 2 heteroatoms. The minimum atomic E-state index is -0.332. The van der Waals surface area contributed by atoms with Crippen LogP contribution in [0.3, 0.4) is 0 Å². The van der Waals surface area contributed by atoms with Gasteiger partial charge in [-0.15, -0.1) is 0 Å². The number of carbonyl (C=O) groups excluding carboxylic acids is 1. The summed E-state index contributed by atoms with van der Waals surface area (Å²) in [6, 6.07) is 0. The van der Waals surface area contributed by atoms with Gasteiger partial charge in [0.25, 0.3) is 0 Å². The first-order valence-corrected chi connectivity index (χ1v) is 6.63. The molecule has 92 valence electrons. The maximum absolute atomic E-state index is 12.0. The summed E-state index contributed by atoms with van der Waals surface area (Å²) in [4.78, 5) is 12.0. The number of esters is 1. The smallest absolute Gasteiger partial charge is 0.309 e. The second kappa shape index (κ2) is 4.05. The van der Waals surface area contributed by atoms with Crippen molar-refractivity contribution in [2.45, 2.75) is 71.3 Å². The van der Waals surface area contributed by atoms with E-state index >= 15 is 0 Å². The summed E-state index contributed by atoms with van der Waals surface area (Å²) in [6.07, 6.45) is 8.72. The normalized spacial score (nSPS) is 28.6. The minimum Gasteiger partial charge on any atom is -0.460 e. The molecule has 2 saturated carbocycles. The van der Waals surface area contributed by atoms with Crippen molar-refractivity contribution in [3.05, 3.63) is 0 Å². The summed E-state index contributed by atoms with van der Waals surface area (Å²) < 4.78 is 5.50. The molecule has 2 nitrogen and oxygen atoms in total. The number of hydrogen-bond acceptors (Lipinski definition) is 2. The summed E-state index contributed by atoms with van der Waals surface area (Å²) in [5.74, 6) is 0.215. The van der Waals surface area contributed by atoms with Crippen molar-refractivity contribution < 1.29 is 9.53 Å². The lowest BCUT2D eigenvalue weighted by Crippen LogP contribution is -2.39. The molecule has 0 heterocycles. The molecular formula is C14H24O2. The Morgan fingerprint density at radius 1 is 1.19 bits per heavy atom. The monoisotopic (exact) mass is 224 g/mol. The van der Waals surface area contributed by atoms with E-state index in [9.17, 15) is 4.79 Å². The van der Waals surface area contributed by atoms with Gasteiger partial charge in [-0.05, 0) is 58.3 Å². The molecule has 0 aromatic rings. The van der Waals surface area contributed by atoms with Gasteiger partial charge in [0.15, 0.2) is 0 Å². The van der Waals surface area contributed by atoms with Crippen molar-refractivity contribution in [1.82, 2.24) is 0 Å². The van der Waals surface area contributed by atoms with Gasteiger partial charge in [-0.3, -0.25) is 4.79 Å². The van der Waals surface area contributed by atoms with E-state index in [1.807, 2.05) is 20.8 Å². The van der Waals surface area contributed by atoms with Gasteiger partial charge in [0.1, 0.15) is 5.60 Å². The lowest BCUT2D eigenvalue weighted by molar-refractivity contribution is -0.163. The summed E-state index contributed by atoms with van der Waals surface area (Å²) in [7, 11) is 0. The molecule has 0 aromatic heterocycles. The Morgan fingerprint density at radius 2 is 1.81 bits per heavy atom. The lowest BCUT2D eigenvalue weighted by atomic mass is 9.58. The Kier molecular flexibility index (Phi) is 3.02. The Morgan fingerprint density at radius 3 is 2.31 bits per heavy atom. The third kappa shape index (κ3) is 2.58. The van der Waals surface area contributed by atoms with Crippen LogP contribution in [0.15, 0.2) is 0 Å². The maximum atomic E-state index is 12.0. The Labute approximate surface area is 98.7 Å². The summed E-state index contributed by atoms with van der Waals surface area (Å²) >= 11 is 0. The molecule has 2 aliphatic carbocycles. The highest BCUT2D eigenvalue weighted by Crippen LogP contribution is 2.53. The van der Waals surface area contributed by atoms with Gasteiger partial charge in [-0.2, -0.15) is 0 Å². The van der Waals surface area contributed by atoms with Gasteiger partial charge in [0.05, 0.1) is 5.92 Å². The van der Waals surface area contributed by atoms with Gasteiger partial charge in [-0.1, -0.05) is 12.8 Å². The quantitative estimate of drug-likeness (QED) is 0.635. The Bertz CT molecular complexity index is 271. The molecular weight excluding hydrogens is 200 g/mol. The fourth-order valence-corrected chi connectivity index (χ4v) is 3.17. The van der Waals surface area contributed by atoms with E-state index in [0.29, 0.717) is 5.41 Å². The van der Waals surface area contributed by atoms with Crippen LogP contribution in [0.5, 0.6) is 0 Å². The third-order valence-electron chi connectivity index (χ3n) is 4.09.